The molecule has 1 aromatic carbocycles. The molecule has 2 rings (SSSR count). The molecule has 0 aliphatic heterocycles. The average molecular weight is 291 g/mol. The van der Waals surface area contributed by atoms with Crippen LogP contribution in [-0.4, -0.2) is 24.9 Å². The molecule has 116 valence electrons. The van der Waals surface area contributed by atoms with Crippen LogP contribution in [0.4, 0.5) is 0 Å². The number of aliphatic hydroxyl groups excluding tert-OH is 1. The van der Waals surface area contributed by atoms with Gasteiger partial charge in [-0.2, -0.15) is 0 Å². The molecule has 1 aromatic heterocycles. The summed E-state index contributed by atoms with van der Waals surface area (Å²) >= 11 is 0. The Labute approximate surface area is 126 Å². The first-order valence-electron chi connectivity index (χ1n) is 7.50. The average Bonchev–Trinajstić information content (AvgIpc) is 2.90. The maximum atomic E-state index is 9.17. The van der Waals surface area contributed by atoms with Crippen molar-refractivity contribution >= 4 is 11.0 Å². The van der Waals surface area contributed by atoms with Crippen molar-refractivity contribution in [2.24, 2.45) is 5.92 Å². The van der Waals surface area contributed by atoms with Crippen LogP contribution in [0.2, 0.25) is 0 Å². The number of nitrogens with one attached hydrogen (secondary N) is 1. The number of fused-ring (bicyclic) bond motifs is 1. The topological polar surface area (TPSA) is 54.6 Å². The minimum absolute atomic E-state index is 0.0843. The Bertz CT molecular complexity index is 576. The zero-order valence-electron chi connectivity index (χ0n) is 13.2. The Morgan fingerprint density at radius 3 is 2.67 bits per heavy atom. The van der Waals surface area contributed by atoms with Gasteiger partial charge in [-0.1, -0.05) is 26.0 Å². The van der Waals surface area contributed by atoms with Gasteiger partial charge < -0.3 is 19.6 Å². The summed E-state index contributed by atoms with van der Waals surface area (Å²) in [7, 11) is 1.65. The van der Waals surface area contributed by atoms with E-state index < -0.39 is 0 Å². The van der Waals surface area contributed by atoms with Crippen LogP contribution in [0.1, 0.15) is 39.0 Å². The number of rotatable bonds is 7. The third-order valence-electron chi connectivity index (χ3n) is 3.88. The molecule has 0 saturated heterocycles. The summed E-state index contributed by atoms with van der Waals surface area (Å²) in [5.41, 5.74) is 0.784. The van der Waals surface area contributed by atoms with E-state index in [2.05, 4.69) is 26.1 Å². The predicted octanol–water partition coefficient (Wildman–Crippen LogP) is 3.50. The number of benzene rings is 1. The Morgan fingerprint density at radius 1 is 1.29 bits per heavy atom. The molecule has 0 aliphatic rings. The maximum absolute atomic E-state index is 9.17. The van der Waals surface area contributed by atoms with Crippen LogP contribution in [-0.2, 0) is 0 Å². The molecule has 0 bridgehead atoms. The summed E-state index contributed by atoms with van der Waals surface area (Å²) in [5.74, 6) is 2.10. The fourth-order valence-corrected chi connectivity index (χ4v) is 2.58. The number of para-hydroxylation sites is 1. The van der Waals surface area contributed by atoms with Gasteiger partial charge in [0.1, 0.15) is 5.76 Å². The van der Waals surface area contributed by atoms with Crippen molar-refractivity contribution in [3.8, 4) is 5.75 Å². The molecule has 2 atom stereocenters. The molecule has 0 aliphatic carbocycles. The van der Waals surface area contributed by atoms with Gasteiger partial charge in [-0.05, 0) is 31.4 Å². The number of aliphatic hydroxyl groups is 1. The molecule has 2 N–H and O–H groups in total. The first kappa shape index (κ1) is 15.9. The second-order valence-corrected chi connectivity index (χ2v) is 5.78. The van der Waals surface area contributed by atoms with Crippen molar-refractivity contribution in [3.05, 3.63) is 30.0 Å². The van der Waals surface area contributed by atoms with Crippen LogP contribution in [0, 0.1) is 5.92 Å². The molecule has 0 spiro atoms. The minimum atomic E-state index is 0.0843. The second-order valence-electron chi connectivity index (χ2n) is 5.78. The highest BCUT2D eigenvalue weighted by Crippen LogP contribution is 2.31. The summed E-state index contributed by atoms with van der Waals surface area (Å²) in [4.78, 5) is 0. The molecule has 21 heavy (non-hydrogen) atoms. The predicted molar refractivity (Wildman–Crippen MR) is 84.6 cm³/mol. The number of furan rings is 1. The summed E-state index contributed by atoms with van der Waals surface area (Å²) in [6, 6.07) is 8.27. The van der Waals surface area contributed by atoms with Gasteiger partial charge in [0.25, 0.3) is 0 Å². The van der Waals surface area contributed by atoms with Crippen LogP contribution in [0.25, 0.3) is 11.0 Å². The number of methoxy groups -OCH3 is 1. The van der Waals surface area contributed by atoms with Gasteiger partial charge in [0.2, 0.25) is 0 Å². The molecule has 4 nitrogen and oxygen atoms in total. The molecule has 0 amide bonds. The third kappa shape index (κ3) is 3.57. The van der Waals surface area contributed by atoms with Gasteiger partial charge in [-0.25, -0.2) is 0 Å². The zero-order chi connectivity index (χ0) is 15.4. The van der Waals surface area contributed by atoms with Crippen LogP contribution in [0.3, 0.4) is 0 Å². The van der Waals surface area contributed by atoms with E-state index in [9.17, 15) is 5.11 Å². The highest BCUT2D eigenvalue weighted by molar-refractivity contribution is 5.83. The fourth-order valence-electron chi connectivity index (χ4n) is 2.58. The largest absolute Gasteiger partial charge is 0.493 e. The van der Waals surface area contributed by atoms with Crippen molar-refractivity contribution < 1.29 is 14.3 Å². The van der Waals surface area contributed by atoms with E-state index in [1.807, 2.05) is 24.3 Å². The summed E-state index contributed by atoms with van der Waals surface area (Å²) in [6.07, 6.45) is 0.742. The lowest BCUT2D eigenvalue weighted by Gasteiger charge is -2.24. The van der Waals surface area contributed by atoms with Crippen LogP contribution < -0.4 is 10.1 Å². The van der Waals surface area contributed by atoms with Crippen molar-refractivity contribution in [3.63, 3.8) is 0 Å². The Balaban J connectivity index is 2.21. The highest BCUT2D eigenvalue weighted by atomic mass is 16.5. The van der Waals surface area contributed by atoms with E-state index in [4.69, 9.17) is 9.15 Å². The first-order valence-corrected chi connectivity index (χ1v) is 7.50. The maximum Gasteiger partial charge on any atom is 0.176 e. The fraction of sp³-hybridized carbons (Fsp3) is 0.529. The van der Waals surface area contributed by atoms with Crippen molar-refractivity contribution in [2.45, 2.75) is 39.3 Å². The summed E-state index contributed by atoms with van der Waals surface area (Å²) in [5, 5.41) is 13.8. The van der Waals surface area contributed by atoms with E-state index in [0.717, 1.165) is 28.9 Å². The molecule has 0 fully saturated rings. The van der Waals surface area contributed by atoms with Crippen LogP contribution in [0.15, 0.2) is 28.7 Å². The van der Waals surface area contributed by atoms with E-state index >= 15 is 0 Å². The number of hydrogen-bond acceptors (Lipinski definition) is 4. The number of hydrogen-bond donors (Lipinski definition) is 2. The van der Waals surface area contributed by atoms with E-state index in [-0.39, 0.29) is 18.7 Å². The Morgan fingerprint density at radius 2 is 2.05 bits per heavy atom. The van der Waals surface area contributed by atoms with Gasteiger partial charge in [-0.15, -0.1) is 0 Å². The zero-order valence-corrected chi connectivity index (χ0v) is 13.2. The van der Waals surface area contributed by atoms with Crippen molar-refractivity contribution in [1.29, 1.82) is 0 Å². The van der Waals surface area contributed by atoms with Gasteiger partial charge in [-0.3, -0.25) is 0 Å². The number of ether oxygens (including phenoxy) is 1. The summed E-state index contributed by atoms with van der Waals surface area (Å²) in [6.45, 7) is 6.58. The molecule has 0 saturated carbocycles. The lowest BCUT2D eigenvalue weighted by Crippen LogP contribution is -2.36. The highest BCUT2D eigenvalue weighted by Gasteiger charge is 2.19. The SMILES string of the molecule is COc1cccc2cc(C(C)NC(CCO)C(C)C)oc12. The van der Waals surface area contributed by atoms with Crippen molar-refractivity contribution in [1.82, 2.24) is 5.32 Å². The molecule has 1 heterocycles. The van der Waals surface area contributed by atoms with Crippen LogP contribution >= 0.6 is 0 Å². The monoisotopic (exact) mass is 291 g/mol. The van der Waals surface area contributed by atoms with E-state index in [1.165, 1.54) is 0 Å². The smallest absolute Gasteiger partial charge is 0.176 e. The van der Waals surface area contributed by atoms with Gasteiger partial charge in [0.05, 0.1) is 13.2 Å². The quantitative estimate of drug-likeness (QED) is 0.820. The first-order chi connectivity index (χ1) is 10.1. The Kier molecular flexibility index (Phi) is 5.26. The Hall–Kier alpha value is -1.52. The standard InChI is InChI=1S/C17H25NO3/c1-11(2)14(8-9-19)18-12(3)16-10-13-6-5-7-15(20-4)17(13)21-16/h5-7,10-12,14,18-19H,8-9H2,1-4H3. The van der Waals surface area contributed by atoms with E-state index in [0.29, 0.717) is 5.92 Å². The molecule has 2 aromatic rings. The van der Waals surface area contributed by atoms with Crippen LogP contribution in [0.5, 0.6) is 5.75 Å². The normalized spacial score (nSPS) is 14.6. The minimum Gasteiger partial charge on any atom is -0.493 e. The molecule has 0 radical (unpaired) electrons. The molecular weight excluding hydrogens is 266 g/mol. The van der Waals surface area contributed by atoms with E-state index in [1.54, 1.807) is 7.11 Å². The van der Waals surface area contributed by atoms with Crippen molar-refractivity contribution in [2.75, 3.05) is 13.7 Å². The second kappa shape index (κ2) is 6.96. The summed E-state index contributed by atoms with van der Waals surface area (Å²) < 4.78 is 11.3. The lowest BCUT2D eigenvalue weighted by molar-refractivity contribution is 0.233. The van der Waals surface area contributed by atoms with Gasteiger partial charge in [0.15, 0.2) is 11.3 Å². The third-order valence-corrected chi connectivity index (χ3v) is 3.88. The van der Waals surface area contributed by atoms with Gasteiger partial charge >= 0.3 is 0 Å². The van der Waals surface area contributed by atoms with Gasteiger partial charge in [0, 0.05) is 18.0 Å². The lowest BCUT2D eigenvalue weighted by atomic mass is 10.00. The molecular formula is C17H25NO3. The molecule has 2 unspecified atom stereocenters. The molecule has 4 heteroatoms.